The van der Waals surface area contributed by atoms with Gasteiger partial charge in [0.25, 0.3) is 0 Å². The second-order valence-corrected chi connectivity index (χ2v) is 4.45. The monoisotopic (exact) mass is 214 g/mol. The van der Waals surface area contributed by atoms with Crippen LogP contribution in [-0.2, 0) is 4.74 Å². The summed E-state index contributed by atoms with van der Waals surface area (Å²) >= 11 is 0. The molecular formula is C12H26N2O. The Morgan fingerprint density at radius 1 is 1.40 bits per heavy atom. The van der Waals surface area contributed by atoms with Crippen LogP contribution in [0.15, 0.2) is 0 Å². The molecule has 0 aromatic carbocycles. The summed E-state index contributed by atoms with van der Waals surface area (Å²) in [5.74, 6) is 0. The van der Waals surface area contributed by atoms with E-state index in [9.17, 15) is 0 Å². The number of ether oxygens (including phenoxy) is 1. The largest absolute Gasteiger partial charge is 0.381 e. The third-order valence-electron chi connectivity index (χ3n) is 3.50. The van der Waals surface area contributed by atoms with Crippen LogP contribution in [0.3, 0.4) is 0 Å². The first-order valence-electron chi connectivity index (χ1n) is 6.28. The van der Waals surface area contributed by atoms with Gasteiger partial charge in [0.15, 0.2) is 0 Å². The Morgan fingerprint density at radius 2 is 2.20 bits per heavy atom. The summed E-state index contributed by atoms with van der Waals surface area (Å²) in [5, 5.41) is 0. The lowest BCUT2D eigenvalue weighted by Gasteiger charge is -2.36. The van der Waals surface area contributed by atoms with Gasteiger partial charge in [0.05, 0.1) is 6.10 Å². The first kappa shape index (κ1) is 12.9. The molecule has 2 N–H and O–H groups in total. The topological polar surface area (TPSA) is 38.5 Å². The highest BCUT2D eigenvalue weighted by molar-refractivity contribution is 4.80. The summed E-state index contributed by atoms with van der Waals surface area (Å²) in [6, 6.07) is 0.722. The molecule has 1 aliphatic carbocycles. The molecule has 2 atom stereocenters. The van der Waals surface area contributed by atoms with E-state index < -0.39 is 0 Å². The van der Waals surface area contributed by atoms with Crippen LogP contribution in [0.5, 0.6) is 0 Å². The molecular weight excluding hydrogens is 188 g/mol. The zero-order valence-electron chi connectivity index (χ0n) is 10.2. The molecule has 0 heterocycles. The van der Waals surface area contributed by atoms with Crippen LogP contribution in [0, 0.1) is 0 Å². The molecule has 90 valence electrons. The summed E-state index contributed by atoms with van der Waals surface area (Å²) in [5.41, 5.74) is 5.56. The van der Waals surface area contributed by atoms with Crippen LogP contribution in [0.4, 0.5) is 0 Å². The lowest BCUT2D eigenvalue weighted by atomic mass is 9.91. The molecule has 3 nitrogen and oxygen atoms in total. The van der Waals surface area contributed by atoms with Crippen molar-refractivity contribution in [2.45, 2.75) is 51.2 Å². The van der Waals surface area contributed by atoms with Crippen molar-refractivity contribution >= 4 is 0 Å². The zero-order valence-corrected chi connectivity index (χ0v) is 10.2. The summed E-state index contributed by atoms with van der Waals surface area (Å²) in [4.78, 5) is 2.57. The molecule has 3 heteroatoms. The summed E-state index contributed by atoms with van der Waals surface area (Å²) < 4.78 is 5.47. The van der Waals surface area contributed by atoms with Crippen LogP contribution >= 0.6 is 0 Å². The lowest BCUT2D eigenvalue weighted by molar-refractivity contribution is 0.0291. The Hall–Kier alpha value is -0.120. The molecule has 0 saturated heterocycles. The van der Waals surface area contributed by atoms with E-state index in [4.69, 9.17) is 10.5 Å². The van der Waals surface area contributed by atoms with E-state index in [-0.39, 0.29) is 0 Å². The molecule has 0 radical (unpaired) electrons. The molecule has 0 aliphatic heterocycles. The predicted octanol–water partition coefficient (Wildman–Crippen LogP) is 1.61. The van der Waals surface area contributed by atoms with Crippen LogP contribution in [-0.4, -0.2) is 43.8 Å². The van der Waals surface area contributed by atoms with Gasteiger partial charge in [-0.05, 0) is 51.7 Å². The maximum atomic E-state index is 5.56. The number of rotatable bonds is 6. The molecule has 1 fully saturated rings. The Morgan fingerprint density at radius 3 is 2.80 bits per heavy atom. The third kappa shape index (κ3) is 4.09. The molecule has 0 aromatic rings. The van der Waals surface area contributed by atoms with Gasteiger partial charge in [0, 0.05) is 13.2 Å². The fraction of sp³-hybridized carbons (Fsp3) is 1.00. The van der Waals surface area contributed by atoms with E-state index >= 15 is 0 Å². The van der Waals surface area contributed by atoms with Gasteiger partial charge in [-0.2, -0.15) is 0 Å². The summed E-state index contributed by atoms with van der Waals surface area (Å²) in [6.07, 6.45) is 6.68. The standard InChI is InChI=1S/C12H26N2O/c1-3-14(9-5-8-13)11-6-4-7-12(10-11)15-2/h11-12H,3-10,13H2,1-2H3. The fourth-order valence-corrected chi connectivity index (χ4v) is 2.56. The molecule has 1 aliphatic rings. The van der Waals surface area contributed by atoms with Gasteiger partial charge in [-0.25, -0.2) is 0 Å². The van der Waals surface area contributed by atoms with Crippen molar-refractivity contribution in [3.05, 3.63) is 0 Å². The van der Waals surface area contributed by atoms with Crippen molar-refractivity contribution < 1.29 is 4.74 Å². The second kappa shape index (κ2) is 7.20. The van der Waals surface area contributed by atoms with Crippen LogP contribution in [0.1, 0.15) is 39.0 Å². The lowest BCUT2D eigenvalue weighted by Crippen LogP contribution is -2.41. The summed E-state index contributed by atoms with van der Waals surface area (Å²) in [7, 11) is 1.84. The van der Waals surface area contributed by atoms with Gasteiger partial charge >= 0.3 is 0 Å². The van der Waals surface area contributed by atoms with E-state index in [0.717, 1.165) is 32.1 Å². The Kier molecular flexibility index (Phi) is 6.22. The van der Waals surface area contributed by atoms with Crippen LogP contribution in [0.25, 0.3) is 0 Å². The van der Waals surface area contributed by atoms with E-state index in [1.807, 2.05) is 7.11 Å². The molecule has 0 spiro atoms. The van der Waals surface area contributed by atoms with E-state index in [1.165, 1.54) is 25.7 Å². The van der Waals surface area contributed by atoms with Gasteiger partial charge in [-0.15, -0.1) is 0 Å². The number of hydrogen-bond donors (Lipinski definition) is 1. The second-order valence-electron chi connectivity index (χ2n) is 4.45. The molecule has 15 heavy (non-hydrogen) atoms. The highest BCUT2D eigenvalue weighted by atomic mass is 16.5. The molecule has 2 unspecified atom stereocenters. The van der Waals surface area contributed by atoms with E-state index in [2.05, 4.69) is 11.8 Å². The minimum atomic E-state index is 0.482. The van der Waals surface area contributed by atoms with Crippen LogP contribution < -0.4 is 5.73 Å². The van der Waals surface area contributed by atoms with Crippen molar-refractivity contribution in [1.29, 1.82) is 0 Å². The number of methoxy groups -OCH3 is 1. The first-order chi connectivity index (χ1) is 7.31. The van der Waals surface area contributed by atoms with Crippen molar-refractivity contribution in [3.8, 4) is 0 Å². The van der Waals surface area contributed by atoms with Gasteiger partial charge < -0.3 is 15.4 Å². The predicted molar refractivity (Wildman–Crippen MR) is 64.0 cm³/mol. The van der Waals surface area contributed by atoms with Crippen molar-refractivity contribution in [3.63, 3.8) is 0 Å². The van der Waals surface area contributed by atoms with Crippen molar-refractivity contribution in [2.75, 3.05) is 26.7 Å². The molecule has 1 saturated carbocycles. The first-order valence-corrected chi connectivity index (χ1v) is 6.28. The average molecular weight is 214 g/mol. The van der Waals surface area contributed by atoms with Gasteiger partial charge in [0.1, 0.15) is 0 Å². The number of nitrogens with zero attached hydrogens (tertiary/aromatic N) is 1. The van der Waals surface area contributed by atoms with Crippen molar-refractivity contribution in [1.82, 2.24) is 4.90 Å². The smallest absolute Gasteiger partial charge is 0.0586 e. The Balaban J connectivity index is 2.37. The maximum absolute atomic E-state index is 5.56. The fourth-order valence-electron chi connectivity index (χ4n) is 2.56. The van der Waals surface area contributed by atoms with E-state index in [0.29, 0.717) is 6.10 Å². The maximum Gasteiger partial charge on any atom is 0.0586 e. The Labute approximate surface area is 94.0 Å². The minimum Gasteiger partial charge on any atom is -0.381 e. The highest BCUT2D eigenvalue weighted by Crippen LogP contribution is 2.24. The van der Waals surface area contributed by atoms with Crippen LogP contribution in [0.2, 0.25) is 0 Å². The summed E-state index contributed by atoms with van der Waals surface area (Å²) in [6.45, 7) is 5.33. The van der Waals surface area contributed by atoms with Gasteiger partial charge in [-0.1, -0.05) is 6.92 Å². The van der Waals surface area contributed by atoms with Gasteiger partial charge in [-0.3, -0.25) is 0 Å². The Bertz CT molecular complexity index is 164. The normalized spacial score (nSPS) is 27.2. The molecule has 0 bridgehead atoms. The molecule has 0 aromatic heterocycles. The average Bonchev–Trinajstić information content (AvgIpc) is 2.30. The highest BCUT2D eigenvalue weighted by Gasteiger charge is 2.25. The third-order valence-corrected chi connectivity index (χ3v) is 3.50. The van der Waals surface area contributed by atoms with Gasteiger partial charge in [0.2, 0.25) is 0 Å². The number of nitrogens with two attached hydrogens (primary N) is 1. The van der Waals surface area contributed by atoms with Crippen molar-refractivity contribution in [2.24, 2.45) is 5.73 Å². The minimum absolute atomic E-state index is 0.482. The quantitative estimate of drug-likeness (QED) is 0.730. The number of hydrogen-bond acceptors (Lipinski definition) is 3. The molecule has 0 amide bonds. The SMILES string of the molecule is CCN(CCCN)C1CCCC(OC)C1. The zero-order chi connectivity index (χ0) is 11.1. The molecule has 1 rings (SSSR count). The van der Waals surface area contributed by atoms with E-state index in [1.54, 1.807) is 0 Å².